The first-order chi connectivity index (χ1) is 12.5. The predicted molar refractivity (Wildman–Crippen MR) is 95.0 cm³/mol. The third-order valence-corrected chi connectivity index (χ3v) is 5.21. The van der Waals surface area contributed by atoms with Crippen LogP contribution in [0.5, 0.6) is 5.88 Å². The molecule has 1 aliphatic rings. The Labute approximate surface area is 163 Å². The van der Waals surface area contributed by atoms with E-state index in [0.29, 0.717) is 10.7 Å². The molecule has 2 aromatic rings. The lowest BCUT2D eigenvalue weighted by atomic mass is 10.1. The Morgan fingerprint density at radius 3 is 2.48 bits per heavy atom. The maximum Gasteiger partial charge on any atom is 0.426 e. The number of benzene rings is 1. The second-order valence-corrected chi connectivity index (χ2v) is 7.68. The smallest absolute Gasteiger partial charge is 0.406 e. The van der Waals surface area contributed by atoms with E-state index in [1.807, 2.05) is 0 Å². The van der Waals surface area contributed by atoms with Crippen LogP contribution >= 0.6 is 23.2 Å². The van der Waals surface area contributed by atoms with Crippen molar-refractivity contribution in [1.29, 1.82) is 0 Å². The van der Waals surface area contributed by atoms with Crippen molar-refractivity contribution < 1.29 is 22.7 Å². The maximum atomic E-state index is 12.6. The van der Waals surface area contributed by atoms with Crippen molar-refractivity contribution in [2.45, 2.75) is 20.0 Å². The Morgan fingerprint density at radius 1 is 1.26 bits per heavy atom. The zero-order chi connectivity index (χ0) is 20.0. The van der Waals surface area contributed by atoms with Crippen LogP contribution < -0.4 is 4.74 Å². The van der Waals surface area contributed by atoms with Crippen molar-refractivity contribution in [2.75, 3.05) is 0 Å². The van der Waals surface area contributed by atoms with E-state index in [9.17, 15) is 18.0 Å². The van der Waals surface area contributed by atoms with Gasteiger partial charge in [-0.25, -0.2) is 4.68 Å². The molecule has 0 N–H and O–H groups in total. The van der Waals surface area contributed by atoms with Gasteiger partial charge in [0.15, 0.2) is 0 Å². The number of esters is 1. The minimum atomic E-state index is -4.63. The summed E-state index contributed by atoms with van der Waals surface area (Å²) in [6.07, 6.45) is -2.16. The number of nitrogens with zero attached hydrogens (tertiary/aromatic N) is 2. The molecular formula is C18H15Cl2F3N2O2. The van der Waals surface area contributed by atoms with E-state index < -0.39 is 34.4 Å². The summed E-state index contributed by atoms with van der Waals surface area (Å²) in [4.78, 5) is 12.4. The number of hydrogen-bond donors (Lipinski definition) is 0. The Bertz CT molecular complexity index is 889. The van der Waals surface area contributed by atoms with E-state index in [1.54, 1.807) is 44.3 Å². The molecule has 0 amide bonds. The summed E-state index contributed by atoms with van der Waals surface area (Å²) in [6, 6.07) is 8.36. The summed E-state index contributed by atoms with van der Waals surface area (Å²) in [5.74, 6) is -1.97. The number of carbonyl (C=O) groups is 1. The van der Waals surface area contributed by atoms with E-state index in [2.05, 4.69) is 5.10 Å². The SMILES string of the molecule is CC1(C)C(/C=C(\Cl)C(F)(F)F)C1C(=O)Oc1ccn(-c2ccc(Cl)cc2)n1. The molecule has 2 unspecified atom stereocenters. The summed E-state index contributed by atoms with van der Waals surface area (Å²) < 4.78 is 44.6. The number of halogens is 5. The molecule has 9 heteroatoms. The molecule has 2 atom stereocenters. The van der Waals surface area contributed by atoms with Crippen molar-refractivity contribution in [2.24, 2.45) is 17.3 Å². The van der Waals surface area contributed by atoms with Crippen LogP contribution in [-0.4, -0.2) is 21.9 Å². The third kappa shape index (κ3) is 4.14. The first-order valence-electron chi connectivity index (χ1n) is 7.98. The van der Waals surface area contributed by atoms with Crippen molar-refractivity contribution in [1.82, 2.24) is 9.78 Å². The van der Waals surface area contributed by atoms with E-state index >= 15 is 0 Å². The maximum absolute atomic E-state index is 12.6. The van der Waals surface area contributed by atoms with Crippen LogP contribution in [0.25, 0.3) is 5.69 Å². The van der Waals surface area contributed by atoms with Gasteiger partial charge in [0.2, 0.25) is 5.88 Å². The zero-order valence-corrected chi connectivity index (χ0v) is 15.8. The monoisotopic (exact) mass is 418 g/mol. The molecule has 0 spiro atoms. The molecule has 0 bridgehead atoms. The van der Waals surface area contributed by atoms with Crippen molar-refractivity contribution in [3.8, 4) is 11.6 Å². The number of aromatic nitrogens is 2. The topological polar surface area (TPSA) is 44.1 Å². The molecule has 1 aromatic carbocycles. The average Bonchev–Trinajstić information content (AvgIpc) is 2.91. The van der Waals surface area contributed by atoms with Crippen LogP contribution in [0.2, 0.25) is 5.02 Å². The zero-order valence-electron chi connectivity index (χ0n) is 14.3. The molecule has 4 nitrogen and oxygen atoms in total. The van der Waals surface area contributed by atoms with Gasteiger partial charge >= 0.3 is 12.1 Å². The number of ether oxygens (including phenoxy) is 1. The van der Waals surface area contributed by atoms with Gasteiger partial charge in [-0.15, -0.1) is 5.10 Å². The largest absolute Gasteiger partial charge is 0.426 e. The summed E-state index contributed by atoms with van der Waals surface area (Å²) in [6.45, 7) is 3.37. The second-order valence-electron chi connectivity index (χ2n) is 6.83. The van der Waals surface area contributed by atoms with Gasteiger partial charge in [0.05, 0.1) is 11.6 Å². The Morgan fingerprint density at radius 2 is 1.89 bits per heavy atom. The van der Waals surface area contributed by atoms with Gasteiger partial charge in [0.1, 0.15) is 5.03 Å². The van der Waals surface area contributed by atoms with Gasteiger partial charge in [-0.05, 0) is 35.6 Å². The molecule has 1 fully saturated rings. The number of rotatable bonds is 4. The molecule has 27 heavy (non-hydrogen) atoms. The van der Waals surface area contributed by atoms with Crippen molar-refractivity contribution >= 4 is 29.2 Å². The Balaban J connectivity index is 1.70. The minimum Gasteiger partial charge on any atom is -0.406 e. The van der Waals surface area contributed by atoms with Gasteiger partial charge in [-0.1, -0.05) is 43.1 Å². The minimum absolute atomic E-state index is 0.0577. The molecule has 1 saturated carbocycles. The molecule has 0 aliphatic heterocycles. The lowest BCUT2D eigenvalue weighted by Gasteiger charge is -2.04. The van der Waals surface area contributed by atoms with Crippen LogP contribution in [-0.2, 0) is 4.79 Å². The van der Waals surface area contributed by atoms with Crippen molar-refractivity contribution in [3.05, 3.63) is 52.7 Å². The lowest BCUT2D eigenvalue weighted by molar-refractivity contribution is -0.137. The number of allylic oxidation sites excluding steroid dienone is 2. The van der Waals surface area contributed by atoms with E-state index in [0.717, 1.165) is 6.08 Å². The summed E-state index contributed by atoms with van der Waals surface area (Å²) in [5.41, 5.74) is 0.0347. The van der Waals surface area contributed by atoms with Gasteiger partial charge in [-0.3, -0.25) is 4.79 Å². The highest BCUT2D eigenvalue weighted by molar-refractivity contribution is 6.30. The highest BCUT2D eigenvalue weighted by Gasteiger charge is 2.62. The average molecular weight is 419 g/mol. The van der Waals surface area contributed by atoms with Gasteiger partial charge in [0.25, 0.3) is 0 Å². The van der Waals surface area contributed by atoms with Gasteiger partial charge in [0, 0.05) is 17.3 Å². The standard InChI is InChI=1S/C18H15Cl2F3N2O2/c1-17(2)12(9-13(20)18(21,22)23)15(17)16(26)27-14-7-8-25(24-14)11-5-3-10(19)4-6-11/h3-9,12,15H,1-2H3/b13-9-. The fourth-order valence-corrected chi connectivity index (χ4v) is 3.22. The summed E-state index contributed by atoms with van der Waals surface area (Å²) >= 11 is 11.1. The van der Waals surface area contributed by atoms with Gasteiger partial charge < -0.3 is 4.74 Å². The van der Waals surface area contributed by atoms with Crippen LogP contribution in [0.3, 0.4) is 0 Å². The Kier molecular flexibility index (Phi) is 5.03. The Hall–Kier alpha value is -1.99. The highest BCUT2D eigenvalue weighted by atomic mass is 35.5. The fraction of sp³-hybridized carbons (Fsp3) is 0.333. The van der Waals surface area contributed by atoms with Crippen LogP contribution in [0.15, 0.2) is 47.6 Å². The molecule has 1 aliphatic carbocycles. The van der Waals surface area contributed by atoms with Crippen LogP contribution in [0, 0.1) is 17.3 Å². The number of carbonyl (C=O) groups excluding carboxylic acids is 1. The van der Waals surface area contributed by atoms with Crippen LogP contribution in [0.1, 0.15) is 13.8 Å². The molecule has 3 rings (SSSR count). The molecule has 1 heterocycles. The summed E-state index contributed by atoms with van der Waals surface area (Å²) in [7, 11) is 0. The molecule has 144 valence electrons. The molecular weight excluding hydrogens is 404 g/mol. The highest BCUT2D eigenvalue weighted by Crippen LogP contribution is 2.60. The van der Waals surface area contributed by atoms with E-state index in [-0.39, 0.29) is 5.88 Å². The predicted octanol–water partition coefficient (Wildman–Crippen LogP) is 5.39. The first-order valence-corrected chi connectivity index (χ1v) is 8.73. The molecule has 0 radical (unpaired) electrons. The van der Waals surface area contributed by atoms with Gasteiger partial charge in [-0.2, -0.15) is 13.2 Å². The number of alkyl halides is 3. The third-order valence-electron chi connectivity index (χ3n) is 4.62. The quantitative estimate of drug-likeness (QED) is 0.625. The molecule has 1 aromatic heterocycles. The van der Waals surface area contributed by atoms with E-state index in [4.69, 9.17) is 27.9 Å². The fourth-order valence-electron chi connectivity index (χ4n) is 2.96. The second kappa shape index (κ2) is 6.87. The van der Waals surface area contributed by atoms with Crippen LogP contribution in [0.4, 0.5) is 13.2 Å². The lowest BCUT2D eigenvalue weighted by Crippen LogP contribution is -2.14. The van der Waals surface area contributed by atoms with E-state index in [1.165, 1.54) is 10.7 Å². The first kappa shape index (κ1) is 19.8. The summed E-state index contributed by atoms with van der Waals surface area (Å²) in [5, 5.41) is 3.48. The molecule has 0 saturated heterocycles. The number of hydrogen-bond acceptors (Lipinski definition) is 3. The van der Waals surface area contributed by atoms with Crippen molar-refractivity contribution in [3.63, 3.8) is 0 Å². The normalized spacial score (nSPS) is 21.8.